The standard InChI is InChI=1S/C19H25N3O2S/c1-15-4-6-18(7-5-15)24-13-19-20-17(14-25-19)12-21-8-3-9-22(11-10-21)16(2)23/h4-7,14H,3,8-13H2,1-2H3. The van der Waals surface area contributed by atoms with Crippen molar-refractivity contribution in [1.82, 2.24) is 14.8 Å². The third-order valence-electron chi connectivity index (χ3n) is 4.40. The molecule has 1 saturated heterocycles. The van der Waals surface area contributed by atoms with E-state index in [1.165, 1.54) is 5.56 Å². The van der Waals surface area contributed by atoms with Crippen LogP contribution in [0.5, 0.6) is 5.75 Å². The van der Waals surface area contributed by atoms with Gasteiger partial charge in [0, 0.05) is 45.0 Å². The molecule has 0 N–H and O–H groups in total. The molecule has 1 aliphatic heterocycles. The number of thiazole rings is 1. The van der Waals surface area contributed by atoms with E-state index in [-0.39, 0.29) is 5.91 Å². The topological polar surface area (TPSA) is 45.7 Å². The van der Waals surface area contributed by atoms with Crippen LogP contribution in [0.2, 0.25) is 0 Å². The Labute approximate surface area is 153 Å². The first kappa shape index (κ1) is 17.9. The first-order chi connectivity index (χ1) is 12.1. The van der Waals surface area contributed by atoms with E-state index in [9.17, 15) is 4.79 Å². The maximum Gasteiger partial charge on any atom is 0.219 e. The second-order valence-electron chi connectivity index (χ2n) is 6.47. The Morgan fingerprint density at radius 3 is 2.76 bits per heavy atom. The largest absolute Gasteiger partial charge is 0.486 e. The molecule has 3 rings (SSSR count). The summed E-state index contributed by atoms with van der Waals surface area (Å²) in [5, 5.41) is 3.11. The zero-order valence-electron chi connectivity index (χ0n) is 14.9. The maximum atomic E-state index is 11.5. The number of carbonyl (C=O) groups excluding carboxylic acids is 1. The number of nitrogens with zero attached hydrogens (tertiary/aromatic N) is 3. The van der Waals surface area contributed by atoms with Crippen molar-refractivity contribution in [3.05, 3.63) is 45.9 Å². The third-order valence-corrected chi connectivity index (χ3v) is 5.27. The summed E-state index contributed by atoms with van der Waals surface area (Å²) in [6.07, 6.45) is 1.02. The van der Waals surface area contributed by atoms with Crippen LogP contribution in [0.4, 0.5) is 0 Å². The SMILES string of the molecule is CC(=O)N1CCCN(Cc2csc(COc3ccc(C)cc3)n2)CC1. The molecular weight excluding hydrogens is 334 g/mol. The van der Waals surface area contributed by atoms with Gasteiger partial charge in [0.25, 0.3) is 0 Å². The molecule has 0 saturated carbocycles. The molecule has 134 valence electrons. The molecule has 1 aromatic carbocycles. The molecule has 25 heavy (non-hydrogen) atoms. The second kappa shape index (κ2) is 8.45. The van der Waals surface area contributed by atoms with Gasteiger partial charge in [-0.05, 0) is 25.5 Å². The van der Waals surface area contributed by atoms with Crippen LogP contribution in [-0.4, -0.2) is 46.9 Å². The lowest BCUT2D eigenvalue weighted by atomic mass is 10.2. The lowest BCUT2D eigenvalue weighted by Crippen LogP contribution is -2.33. The minimum Gasteiger partial charge on any atom is -0.486 e. The predicted molar refractivity (Wildman–Crippen MR) is 99.8 cm³/mol. The highest BCUT2D eigenvalue weighted by atomic mass is 32.1. The number of hydrogen-bond donors (Lipinski definition) is 0. The summed E-state index contributed by atoms with van der Waals surface area (Å²) in [6.45, 7) is 8.65. The zero-order valence-corrected chi connectivity index (χ0v) is 15.7. The molecular formula is C19H25N3O2S. The van der Waals surface area contributed by atoms with Crippen molar-refractivity contribution < 1.29 is 9.53 Å². The monoisotopic (exact) mass is 359 g/mol. The molecule has 0 bridgehead atoms. The quantitative estimate of drug-likeness (QED) is 0.823. The van der Waals surface area contributed by atoms with E-state index >= 15 is 0 Å². The van der Waals surface area contributed by atoms with Crippen molar-refractivity contribution in [2.45, 2.75) is 33.4 Å². The van der Waals surface area contributed by atoms with Crippen molar-refractivity contribution in [2.24, 2.45) is 0 Å². The first-order valence-electron chi connectivity index (χ1n) is 8.71. The van der Waals surface area contributed by atoms with Crippen LogP contribution >= 0.6 is 11.3 Å². The Bertz CT molecular complexity index is 699. The molecule has 0 unspecified atom stereocenters. The summed E-state index contributed by atoms with van der Waals surface area (Å²) in [5.41, 5.74) is 2.31. The van der Waals surface area contributed by atoms with Gasteiger partial charge in [0.1, 0.15) is 17.4 Å². The molecule has 6 heteroatoms. The number of aryl methyl sites for hydroxylation is 1. The van der Waals surface area contributed by atoms with E-state index in [0.717, 1.165) is 55.6 Å². The molecule has 0 aliphatic carbocycles. The smallest absolute Gasteiger partial charge is 0.219 e. The van der Waals surface area contributed by atoms with E-state index in [2.05, 4.69) is 17.2 Å². The molecule has 1 amide bonds. The van der Waals surface area contributed by atoms with Crippen LogP contribution in [0.15, 0.2) is 29.6 Å². The fraction of sp³-hybridized carbons (Fsp3) is 0.474. The molecule has 1 aliphatic rings. The summed E-state index contributed by atoms with van der Waals surface area (Å²) >= 11 is 1.64. The number of benzene rings is 1. The van der Waals surface area contributed by atoms with Gasteiger partial charge in [-0.1, -0.05) is 17.7 Å². The number of amides is 1. The van der Waals surface area contributed by atoms with Crippen molar-refractivity contribution in [2.75, 3.05) is 26.2 Å². The van der Waals surface area contributed by atoms with Crippen molar-refractivity contribution in [3.63, 3.8) is 0 Å². The number of hydrogen-bond acceptors (Lipinski definition) is 5. The Hall–Kier alpha value is -1.92. The second-order valence-corrected chi connectivity index (χ2v) is 7.41. The fourth-order valence-electron chi connectivity index (χ4n) is 2.94. The molecule has 1 aromatic heterocycles. The average Bonchev–Trinajstić information content (AvgIpc) is 2.90. The Kier molecular flexibility index (Phi) is 6.04. The van der Waals surface area contributed by atoms with Crippen molar-refractivity contribution in [1.29, 1.82) is 0 Å². The maximum absolute atomic E-state index is 11.5. The summed E-state index contributed by atoms with van der Waals surface area (Å²) < 4.78 is 5.80. The molecule has 2 aromatic rings. The van der Waals surface area contributed by atoms with Gasteiger partial charge in [0.2, 0.25) is 5.91 Å². The molecule has 0 atom stereocenters. The fourth-order valence-corrected chi connectivity index (χ4v) is 3.64. The number of ether oxygens (including phenoxy) is 1. The van der Waals surface area contributed by atoms with Crippen LogP contribution < -0.4 is 4.74 Å². The lowest BCUT2D eigenvalue weighted by Gasteiger charge is -2.20. The predicted octanol–water partition coefficient (Wildman–Crippen LogP) is 3.08. The van der Waals surface area contributed by atoms with Gasteiger partial charge in [-0.25, -0.2) is 4.98 Å². The zero-order chi connectivity index (χ0) is 17.6. The molecule has 2 heterocycles. The summed E-state index contributed by atoms with van der Waals surface area (Å²) in [6, 6.07) is 8.07. The van der Waals surface area contributed by atoms with Gasteiger partial charge in [0.05, 0.1) is 5.69 Å². The molecule has 1 fully saturated rings. The molecule has 0 radical (unpaired) electrons. The van der Waals surface area contributed by atoms with Gasteiger partial charge >= 0.3 is 0 Å². The van der Waals surface area contributed by atoms with Crippen molar-refractivity contribution >= 4 is 17.2 Å². The minimum atomic E-state index is 0.172. The van der Waals surface area contributed by atoms with Gasteiger partial charge in [0.15, 0.2) is 0 Å². The van der Waals surface area contributed by atoms with E-state index in [0.29, 0.717) is 6.61 Å². The third kappa shape index (κ3) is 5.28. The average molecular weight is 359 g/mol. The van der Waals surface area contributed by atoms with E-state index in [1.807, 2.05) is 29.2 Å². The summed E-state index contributed by atoms with van der Waals surface area (Å²) in [4.78, 5) is 20.5. The van der Waals surface area contributed by atoms with Crippen LogP contribution in [-0.2, 0) is 17.9 Å². The highest BCUT2D eigenvalue weighted by molar-refractivity contribution is 7.09. The number of aromatic nitrogens is 1. The number of rotatable bonds is 5. The first-order valence-corrected chi connectivity index (χ1v) is 9.59. The van der Waals surface area contributed by atoms with Crippen molar-refractivity contribution in [3.8, 4) is 5.75 Å². The van der Waals surface area contributed by atoms with Gasteiger partial charge in [-0.3, -0.25) is 9.69 Å². The van der Waals surface area contributed by atoms with Gasteiger partial charge in [-0.15, -0.1) is 11.3 Å². The van der Waals surface area contributed by atoms with Gasteiger partial charge in [-0.2, -0.15) is 0 Å². The van der Waals surface area contributed by atoms with E-state index < -0.39 is 0 Å². The highest BCUT2D eigenvalue weighted by Gasteiger charge is 2.17. The van der Waals surface area contributed by atoms with Crippen LogP contribution in [0.3, 0.4) is 0 Å². The van der Waals surface area contributed by atoms with E-state index in [1.54, 1.807) is 18.3 Å². The molecule has 0 spiro atoms. The minimum absolute atomic E-state index is 0.172. The number of carbonyl (C=O) groups is 1. The van der Waals surface area contributed by atoms with Gasteiger partial charge < -0.3 is 9.64 Å². The van der Waals surface area contributed by atoms with Crippen LogP contribution in [0, 0.1) is 6.92 Å². The molecule has 5 nitrogen and oxygen atoms in total. The Morgan fingerprint density at radius 1 is 1.20 bits per heavy atom. The summed E-state index contributed by atoms with van der Waals surface area (Å²) in [7, 11) is 0. The van der Waals surface area contributed by atoms with Crippen LogP contribution in [0.25, 0.3) is 0 Å². The Balaban J connectivity index is 1.49. The summed E-state index contributed by atoms with van der Waals surface area (Å²) in [5.74, 6) is 1.05. The normalized spacial score (nSPS) is 15.8. The van der Waals surface area contributed by atoms with E-state index in [4.69, 9.17) is 9.72 Å². The highest BCUT2D eigenvalue weighted by Crippen LogP contribution is 2.17. The Morgan fingerprint density at radius 2 is 2.00 bits per heavy atom. The van der Waals surface area contributed by atoms with Crippen LogP contribution in [0.1, 0.15) is 29.6 Å². The lowest BCUT2D eigenvalue weighted by molar-refractivity contribution is -0.128.